The molecule has 0 radical (unpaired) electrons. The first-order chi connectivity index (χ1) is 16.0. The van der Waals surface area contributed by atoms with Crippen LogP contribution in [0.1, 0.15) is 12.5 Å². The van der Waals surface area contributed by atoms with Crippen molar-refractivity contribution in [3.8, 4) is 22.8 Å². The van der Waals surface area contributed by atoms with Gasteiger partial charge in [-0.25, -0.2) is 0 Å². The van der Waals surface area contributed by atoms with Crippen LogP contribution in [0, 0.1) is 0 Å². The van der Waals surface area contributed by atoms with Crippen LogP contribution in [-0.4, -0.2) is 33.0 Å². The molecule has 0 saturated carbocycles. The third-order valence-corrected chi connectivity index (χ3v) is 6.32. The van der Waals surface area contributed by atoms with Crippen LogP contribution in [-0.2, 0) is 11.3 Å². The van der Waals surface area contributed by atoms with E-state index in [9.17, 15) is 4.79 Å². The van der Waals surface area contributed by atoms with Crippen LogP contribution in [0.25, 0.3) is 17.1 Å². The van der Waals surface area contributed by atoms with Crippen LogP contribution in [0.15, 0.2) is 84.0 Å². The minimum atomic E-state index is -0.368. The lowest BCUT2D eigenvalue weighted by Gasteiger charge is -2.14. The van der Waals surface area contributed by atoms with Gasteiger partial charge in [-0.2, -0.15) is 0 Å². The molecule has 8 heteroatoms. The molecule has 1 N–H and O–H groups in total. The molecule has 0 aliphatic heterocycles. The fourth-order valence-corrected chi connectivity index (χ4v) is 4.25. The molecule has 1 amide bonds. The maximum absolute atomic E-state index is 12.8. The summed E-state index contributed by atoms with van der Waals surface area (Å²) in [4.78, 5) is 12.8. The normalized spacial score (nSPS) is 11.7. The number of methoxy groups -OCH3 is 1. The van der Waals surface area contributed by atoms with E-state index in [-0.39, 0.29) is 11.2 Å². The summed E-state index contributed by atoms with van der Waals surface area (Å²) in [5.74, 6) is 1.39. The van der Waals surface area contributed by atoms with Crippen molar-refractivity contribution < 1.29 is 9.53 Å². The molecule has 4 rings (SSSR count). The van der Waals surface area contributed by atoms with Gasteiger partial charge in [0.15, 0.2) is 11.0 Å². The Morgan fingerprint density at radius 1 is 1.03 bits per heavy atom. The van der Waals surface area contributed by atoms with Crippen LogP contribution in [0.5, 0.6) is 5.75 Å². The van der Waals surface area contributed by atoms with E-state index in [1.54, 1.807) is 7.11 Å². The highest BCUT2D eigenvalue weighted by molar-refractivity contribution is 8.00. The second kappa shape index (κ2) is 10.6. The molecule has 6 nitrogen and oxygen atoms in total. The van der Waals surface area contributed by atoms with Crippen molar-refractivity contribution in [2.75, 3.05) is 7.11 Å². The third-order valence-electron chi connectivity index (χ3n) is 5.03. The van der Waals surface area contributed by atoms with Crippen LogP contribution < -0.4 is 10.1 Å². The van der Waals surface area contributed by atoms with Crippen molar-refractivity contribution in [2.24, 2.45) is 0 Å². The lowest BCUT2D eigenvalue weighted by atomic mass is 10.2. The third kappa shape index (κ3) is 5.56. The Kier molecular flexibility index (Phi) is 7.32. The summed E-state index contributed by atoms with van der Waals surface area (Å²) < 4.78 is 7.13. The summed E-state index contributed by atoms with van der Waals surface area (Å²) in [7, 11) is 1.63. The van der Waals surface area contributed by atoms with Crippen molar-refractivity contribution in [1.82, 2.24) is 20.1 Å². The van der Waals surface area contributed by atoms with E-state index < -0.39 is 0 Å². The van der Waals surface area contributed by atoms with Crippen LogP contribution in [0.3, 0.4) is 0 Å². The monoisotopic (exact) mass is 478 g/mol. The molecule has 0 spiro atoms. The van der Waals surface area contributed by atoms with E-state index in [2.05, 4.69) is 15.5 Å². The highest BCUT2D eigenvalue weighted by Crippen LogP contribution is 2.30. The number of carbonyl (C=O) groups excluding carboxylic acids is 1. The van der Waals surface area contributed by atoms with Gasteiger partial charge in [-0.05, 0) is 61.0 Å². The van der Waals surface area contributed by atoms with Crippen molar-refractivity contribution in [1.29, 1.82) is 0 Å². The Morgan fingerprint density at radius 2 is 1.73 bits per heavy atom. The number of hydrogen-bond acceptors (Lipinski definition) is 5. The Balaban J connectivity index is 1.53. The predicted octanol–water partition coefficient (Wildman–Crippen LogP) is 5.39. The van der Waals surface area contributed by atoms with E-state index in [0.29, 0.717) is 22.5 Å². The molecule has 1 atom stereocenters. The molecular weight excluding hydrogens is 456 g/mol. The van der Waals surface area contributed by atoms with Gasteiger partial charge in [-0.3, -0.25) is 9.36 Å². The lowest BCUT2D eigenvalue weighted by molar-refractivity contribution is -0.120. The van der Waals surface area contributed by atoms with Crippen LogP contribution in [0.2, 0.25) is 5.02 Å². The van der Waals surface area contributed by atoms with E-state index in [4.69, 9.17) is 16.3 Å². The number of nitrogens with zero attached hydrogens (tertiary/aromatic N) is 3. The van der Waals surface area contributed by atoms with Crippen molar-refractivity contribution in [2.45, 2.75) is 23.9 Å². The Bertz CT molecular complexity index is 1210. The average Bonchev–Trinajstić information content (AvgIpc) is 3.27. The summed E-state index contributed by atoms with van der Waals surface area (Å²) in [6.45, 7) is 2.30. The summed E-state index contributed by atoms with van der Waals surface area (Å²) in [6, 6.07) is 24.9. The van der Waals surface area contributed by atoms with E-state index in [0.717, 1.165) is 22.6 Å². The van der Waals surface area contributed by atoms with Gasteiger partial charge in [0.2, 0.25) is 5.91 Å². The van der Waals surface area contributed by atoms with Crippen molar-refractivity contribution >= 4 is 29.3 Å². The predicted molar refractivity (Wildman–Crippen MR) is 132 cm³/mol. The number of para-hydroxylation sites is 1. The summed E-state index contributed by atoms with van der Waals surface area (Å²) >= 11 is 7.42. The molecule has 0 aliphatic carbocycles. The second-order valence-electron chi connectivity index (χ2n) is 7.31. The van der Waals surface area contributed by atoms with Gasteiger partial charge in [0.1, 0.15) is 5.75 Å². The van der Waals surface area contributed by atoms with Gasteiger partial charge >= 0.3 is 0 Å². The van der Waals surface area contributed by atoms with E-state index >= 15 is 0 Å². The number of thioether (sulfide) groups is 1. The fourth-order valence-electron chi connectivity index (χ4n) is 3.23. The van der Waals surface area contributed by atoms with Crippen molar-refractivity contribution in [3.63, 3.8) is 0 Å². The van der Waals surface area contributed by atoms with Gasteiger partial charge in [-0.1, -0.05) is 53.7 Å². The maximum atomic E-state index is 12.8. The number of rotatable bonds is 8. The van der Waals surface area contributed by atoms with Gasteiger partial charge in [-0.15, -0.1) is 10.2 Å². The SMILES string of the molecule is COc1ccc(CNC(=O)C(C)Sc2nnc(-c3ccc(Cl)cc3)n2-c2ccccc2)cc1. The van der Waals surface area contributed by atoms with E-state index in [1.165, 1.54) is 11.8 Å². The molecule has 0 aliphatic rings. The Morgan fingerprint density at radius 3 is 2.39 bits per heavy atom. The molecule has 0 saturated heterocycles. The standard InChI is InChI=1S/C25H23ClN4O2S/c1-17(24(31)27-16-18-8-14-22(32-2)15-9-18)33-25-29-28-23(19-10-12-20(26)13-11-19)30(25)21-6-4-3-5-7-21/h3-15,17H,16H2,1-2H3,(H,27,31). The quantitative estimate of drug-likeness (QED) is 0.344. The molecule has 3 aromatic carbocycles. The number of carbonyl (C=O) groups is 1. The molecule has 1 aromatic heterocycles. The highest BCUT2D eigenvalue weighted by Gasteiger charge is 2.21. The van der Waals surface area contributed by atoms with Crippen molar-refractivity contribution in [3.05, 3.63) is 89.4 Å². The number of hydrogen-bond donors (Lipinski definition) is 1. The van der Waals surface area contributed by atoms with Crippen LogP contribution >= 0.6 is 23.4 Å². The maximum Gasteiger partial charge on any atom is 0.233 e. The number of nitrogens with one attached hydrogen (secondary N) is 1. The molecule has 0 bridgehead atoms. The van der Waals surface area contributed by atoms with Gasteiger partial charge in [0, 0.05) is 22.8 Å². The topological polar surface area (TPSA) is 69.0 Å². The molecular formula is C25H23ClN4O2S. The Hall–Kier alpha value is -3.29. The first-order valence-corrected chi connectivity index (χ1v) is 11.6. The average molecular weight is 479 g/mol. The van der Waals surface area contributed by atoms with Crippen LogP contribution in [0.4, 0.5) is 0 Å². The summed E-state index contributed by atoms with van der Waals surface area (Å²) in [6.07, 6.45) is 0. The first-order valence-electron chi connectivity index (χ1n) is 10.4. The zero-order valence-electron chi connectivity index (χ0n) is 18.2. The number of benzene rings is 3. The first kappa shape index (κ1) is 22.9. The molecule has 4 aromatic rings. The molecule has 168 valence electrons. The number of halogens is 1. The molecule has 1 heterocycles. The van der Waals surface area contributed by atoms with Gasteiger partial charge < -0.3 is 10.1 Å². The minimum absolute atomic E-state index is 0.0773. The lowest BCUT2D eigenvalue weighted by Crippen LogP contribution is -2.30. The second-order valence-corrected chi connectivity index (χ2v) is 9.05. The minimum Gasteiger partial charge on any atom is -0.497 e. The Labute approximate surface area is 202 Å². The van der Waals surface area contributed by atoms with Gasteiger partial charge in [0.25, 0.3) is 0 Å². The number of aromatic nitrogens is 3. The largest absolute Gasteiger partial charge is 0.497 e. The van der Waals surface area contributed by atoms with E-state index in [1.807, 2.05) is 90.4 Å². The smallest absolute Gasteiger partial charge is 0.233 e. The van der Waals surface area contributed by atoms with Gasteiger partial charge in [0.05, 0.1) is 12.4 Å². The molecule has 0 fully saturated rings. The zero-order chi connectivity index (χ0) is 23.2. The summed E-state index contributed by atoms with van der Waals surface area (Å²) in [5, 5.41) is 12.7. The summed E-state index contributed by atoms with van der Waals surface area (Å²) in [5.41, 5.74) is 2.80. The molecule has 1 unspecified atom stereocenters. The number of ether oxygens (including phenoxy) is 1. The number of amides is 1. The molecule has 33 heavy (non-hydrogen) atoms. The zero-order valence-corrected chi connectivity index (χ0v) is 19.8. The fraction of sp³-hybridized carbons (Fsp3) is 0.160. The highest BCUT2D eigenvalue weighted by atomic mass is 35.5.